The third-order valence-corrected chi connectivity index (χ3v) is 3.97. The maximum absolute atomic E-state index is 9.53. The Kier molecular flexibility index (Phi) is 3.62. The predicted molar refractivity (Wildman–Crippen MR) is 75.9 cm³/mol. The first-order chi connectivity index (χ1) is 11.2. The number of fused-ring (bicyclic) bond motifs is 2. The molecule has 0 amide bonds. The lowest BCUT2D eigenvalue weighted by molar-refractivity contribution is -0.265. The van der Waals surface area contributed by atoms with Gasteiger partial charge >= 0.3 is 0 Å². The van der Waals surface area contributed by atoms with Crippen LogP contribution in [0.25, 0.3) is 11.2 Å². The fourth-order valence-electron chi connectivity index (χ4n) is 2.95. The number of ether oxygens (including phenoxy) is 4. The van der Waals surface area contributed by atoms with Gasteiger partial charge in [-0.1, -0.05) is 0 Å². The van der Waals surface area contributed by atoms with Crippen molar-refractivity contribution < 1.29 is 24.1 Å². The third-order valence-electron chi connectivity index (χ3n) is 3.97. The van der Waals surface area contributed by atoms with Gasteiger partial charge in [-0.15, -0.1) is 0 Å². The van der Waals surface area contributed by atoms with E-state index < -0.39 is 31.0 Å². The second kappa shape index (κ2) is 5.65. The van der Waals surface area contributed by atoms with E-state index >= 15 is 0 Å². The normalized spacial score (nSPS) is 33.4. The largest absolute Gasteiger partial charge is 0.394 e. The fraction of sp³-hybridized carbons (Fsp3) is 0.615. The van der Waals surface area contributed by atoms with Gasteiger partial charge < -0.3 is 29.8 Å². The summed E-state index contributed by atoms with van der Waals surface area (Å²) in [4.78, 5) is 12.3. The zero-order chi connectivity index (χ0) is 16.0. The monoisotopic (exact) mass is 323 g/mol. The van der Waals surface area contributed by atoms with Crippen LogP contribution < -0.4 is 5.73 Å². The van der Waals surface area contributed by atoms with Gasteiger partial charge in [0.05, 0.1) is 12.9 Å². The molecule has 0 radical (unpaired) electrons. The minimum absolute atomic E-state index is 0.191. The zero-order valence-electron chi connectivity index (χ0n) is 12.4. The van der Waals surface area contributed by atoms with Crippen LogP contribution in [-0.4, -0.2) is 62.6 Å². The predicted octanol–water partition coefficient (Wildman–Crippen LogP) is -0.598. The molecular formula is C13H17N5O5. The summed E-state index contributed by atoms with van der Waals surface area (Å²) in [5, 5.41) is 9.53. The molecule has 124 valence electrons. The molecule has 0 aliphatic carbocycles. The minimum atomic E-state index is -0.773. The lowest BCUT2D eigenvalue weighted by Gasteiger charge is -2.20. The lowest BCUT2D eigenvalue weighted by atomic mass is 10.1. The number of nitrogens with zero attached hydrogens (tertiary/aromatic N) is 4. The van der Waals surface area contributed by atoms with Gasteiger partial charge in [-0.25, -0.2) is 15.0 Å². The average Bonchev–Trinajstić information content (AvgIpc) is 3.21. The molecule has 23 heavy (non-hydrogen) atoms. The van der Waals surface area contributed by atoms with E-state index in [1.54, 1.807) is 10.9 Å². The van der Waals surface area contributed by atoms with E-state index in [1.165, 1.54) is 6.33 Å². The van der Waals surface area contributed by atoms with Gasteiger partial charge in [0.2, 0.25) is 0 Å². The quantitative estimate of drug-likeness (QED) is 0.758. The molecule has 2 saturated heterocycles. The van der Waals surface area contributed by atoms with Crippen molar-refractivity contribution >= 4 is 17.0 Å². The van der Waals surface area contributed by atoms with Crippen LogP contribution in [0.5, 0.6) is 0 Å². The van der Waals surface area contributed by atoms with Crippen LogP contribution in [0.15, 0.2) is 12.7 Å². The van der Waals surface area contributed by atoms with Crippen LogP contribution in [0.2, 0.25) is 0 Å². The molecule has 2 aliphatic rings. The third kappa shape index (κ3) is 2.26. The maximum Gasteiger partial charge on any atom is 0.272 e. The molecule has 10 nitrogen and oxygen atoms in total. The van der Waals surface area contributed by atoms with Crippen LogP contribution >= 0.6 is 0 Å². The number of aliphatic hydroxyl groups is 1. The van der Waals surface area contributed by atoms with E-state index in [0.29, 0.717) is 17.8 Å². The first-order valence-electron chi connectivity index (χ1n) is 7.34. The molecular weight excluding hydrogens is 306 g/mol. The van der Waals surface area contributed by atoms with Gasteiger partial charge in [0.1, 0.15) is 30.2 Å². The number of hydrogen-bond donors (Lipinski definition) is 2. The number of imidazole rings is 1. The van der Waals surface area contributed by atoms with E-state index in [4.69, 9.17) is 24.7 Å². The van der Waals surface area contributed by atoms with Crippen molar-refractivity contribution in [2.45, 2.75) is 37.9 Å². The molecule has 0 unspecified atom stereocenters. The molecule has 10 heteroatoms. The Morgan fingerprint density at radius 2 is 2.09 bits per heavy atom. The van der Waals surface area contributed by atoms with Crippen molar-refractivity contribution in [2.75, 3.05) is 18.9 Å². The fourth-order valence-corrected chi connectivity index (χ4v) is 2.95. The van der Waals surface area contributed by atoms with E-state index in [-0.39, 0.29) is 12.4 Å². The highest BCUT2D eigenvalue weighted by molar-refractivity contribution is 5.81. The molecule has 5 atom stereocenters. The van der Waals surface area contributed by atoms with Crippen molar-refractivity contribution in [2.24, 2.45) is 0 Å². The highest BCUT2D eigenvalue weighted by Crippen LogP contribution is 2.40. The smallest absolute Gasteiger partial charge is 0.272 e. The maximum atomic E-state index is 9.53. The molecule has 4 rings (SSSR count). The number of hydrogen-bond acceptors (Lipinski definition) is 9. The van der Waals surface area contributed by atoms with Gasteiger partial charge in [-0.05, 0) is 6.92 Å². The number of anilines is 1. The Hall–Kier alpha value is -1.85. The molecule has 0 aromatic carbocycles. The summed E-state index contributed by atoms with van der Waals surface area (Å²) in [5.41, 5.74) is 6.82. The Morgan fingerprint density at radius 3 is 2.87 bits per heavy atom. The van der Waals surface area contributed by atoms with Gasteiger partial charge in [-0.2, -0.15) is 0 Å². The van der Waals surface area contributed by atoms with E-state index in [0.717, 1.165) is 0 Å². The van der Waals surface area contributed by atoms with Crippen LogP contribution in [0.3, 0.4) is 0 Å². The lowest BCUT2D eigenvalue weighted by Crippen LogP contribution is -2.31. The van der Waals surface area contributed by atoms with Crippen molar-refractivity contribution in [3.63, 3.8) is 0 Å². The minimum Gasteiger partial charge on any atom is -0.394 e. The van der Waals surface area contributed by atoms with Crippen LogP contribution in [0.1, 0.15) is 13.2 Å². The van der Waals surface area contributed by atoms with Crippen molar-refractivity contribution in [3.05, 3.63) is 12.7 Å². The second-order valence-corrected chi connectivity index (χ2v) is 5.28. The topological polar surface area (TPSA) is 127 Å². The highest BCUT2D eigenvalue weighted by Gasteiger charge is 2.54. The van der Waals surface area contributed by atoms with Crippen LogP contribution in [-0.2, 0) is 18.9 Å². The highest BCUT2D eigenvalue weighted by atomic mass is 16.9. The summed E-state index contributed by atoms with van der Waals surface area (Å²) in [7, 11) is 0. The Morgan fingerprint density at radius 1 is 1.26 bits per heavy atom. The van der Waals surface area contributed by atoms with E-state index in [2.05, 4.69) is 15.0 Å². The molecule has 2 fully saturated rings. The van der Waals surface area contributed by atoms with Crippen molar-refractivity contribution in [3.8, 4) is 0 Å². The number of nitrogen functional groups attached to an aromatic ring is 1. The number of aromatic nitrogens is 4. The standard InChI is InChI=1S/C13H17N5O5/c1-2-20-13-22-8-6(3-19)21-12(9(8)23-13)18-5-17-7-10(14)15-4-16-11(7)18/h4-6,8-9,12-13,19H,2-3H2,1H3,(H2,14,15,16)/t6-,8+,9-,12-,13-/m1/s1. The summed E-state index contributed by atoms with van der Waals surface area (Å²) >= 11 is 0. The molecule has 2 aromatic rings. The molecule has 2 aliphatic heterocycles. The van der Waals surface area contributed by atoms with E-state index in [1.807, 2.05) is 6.92 Å². The molecule has 0 bridgehead atoms. The summed E-state index contributed by atoms with van der Waals surface area (Å²) in [6.45, 7) is 1.34. The van der Waals surface area contributed by atoms with Gasteiger partial charge in [-0.3, -0.25) is 4.57 Å². The number of aliphatic hydroxyl groups excluding tert-OH is 1. The molecule has 0 spiro atoms. The van der Waals surface area contributed by atoms with Crippen LogP contribution in [0.4, 0.5) is 5.82 Å². The Bertz CT molecular complexity index is 709. The Balaban J connectivity index is 1.69. The van der Waals surface area contributed by atoms with Crippen LogP contribution in [0, 0.1) is 0 Å². The SMILES string of the molecule is CCO[C@H]1O[C@@H]2[C@@H](O1)[C@@H](CO)O[C@H]2n1cnc2c(N)ncnc21. The zero-order valence-corrected chi connectivity index (χ0v) is 12.4. The summed E-state index contributed by atoms with van der Waals surface area (Å²) < 4.78 is 24.4. The number of nitrogens with two attached hydrogens (primary N) is 1. The Labute approximate surface area is 131 Å². The second-order valence-electron chi connectivity index (χ2n) is 5.28. The first-order valence-corrected chi connectivity index (χ1v) is 7.34. The average molecular weight is 323 g/mol. The molecule has 0 saturated carbocycles. The summed E-state index contributed by atoms with van der Waals surface area (Å²) in [6, 6.07) is 0. The van der Waals surface area contributed by atoms with E-state index in [9.17, 15) is 5.11 Å². The molecule has 2 aromatic heterocycles. The number of rotatable bonds is 4. The summed E-state index contributed by atoms with van der Waals surface area (Å²) in [5.74, 6) is 0.290. The van der Waals surface area contributed by atoms with Gasteiger partial charge in [0.15, 0.2) is 17.7 Å². The summed E-state index contributed by atoms with van der Waals surface area (Å²) in [6.07, 6.45) is 0.972. The first kappa shape index (κ1) is 14.7. The van der Waals surface area contributed by atoms with Gasteiger partial charge in [0, 0.05) is 6.61 Å². The van der Waals surface area contributed by atoms with Crippen molar-refractivity contribution in [1.29, 1.82) is 0 Å². The van der Waals surface area contributed by atoms with Crippen molar-refractivity contribution in [1.82, 2.24) is 19.5 Å². The van der Waals surface area contributed by atoms with Gasteiger partial charge in [0.25, 0.3) is 6.48 Å². The molecule has 3 N–H and O–H groups in total. The molecule has 4 heterocycles.